The Balaban J connectivity index is 2.82. The van der Waals surface area contributed by atoms with E-state index in [4.69, 9.17) is 9.84 Å². The monoisotopic (exact) mass is 292 g/mol. The van der Waals surface area contributed by atoms with Gasteiger partial charge >= 0.3 is 5.97 Å². The van der Waals surface area contributed by atoms with Crippen molar-refractivity contribution in [2.24, 2.45) is 0 Å². The van der Waals surface area contributed by atoms with Crippen LogP contribution >= 0.6 is 0 Å². The molecule has 1 rings (SSSR count). The van der Waals surface area contributed by atoms with Gasteiger partial charge in [-0.3, -0.25) is 4.79 Å². The van der Waals surface area contributed by atoms with Gasteiger partial charge in [-0.1, -0.05) is 5.21 Å². The molecule has 10 heteroatoms. The summed E-state index contributed by atoms with van der Waals surface area (Å²) in [5.74, 6) is -2.22. The van der Waals surface area contributed by atoms with Crippen LogP contribution < -0.4 is 5.32 Å². The molecule has 1 atom stereocenters. The highest BCUT2D eigenvalue weighted by molar-refractivity contribution is 5.86. The Kier molecular flexibility index (Phi) is 5.50. The first-order valence-electron chi connectivity index (χ1n) is 5.60. The van der Waals surface area contributed by atoms with Gasteiger partial charge in [0.1, 0.15) is 12.2 Å². The minimum atomic E-state index is -3.10. The average Bonchev–Trinajstić information content (AvgIpc) is 2.72. The number of hydrogen-bond donors (Lipinski definition) is 2. The van der Waals surface area contributed by atoms with Crippen LogP contribution in [-0.2, 0) is 16.1 Å². The third-order valence-corrected chi connectivity index (χ3v) is 2.30. The maximum atomic E-state index is 12.8. The molecule has 2 N–H and O–H groups in total. The van der Waals surface area contributed by atoms with Crippen LogP contribution in [0, 0.1) is 0 Å². The lowest BCUT2D eigenvalue weighted by molar-refractivity contribution is -0.122. The number of carboxylic acid groups (broad SMARTS) is 1. The van der Waals surface area contributed by atoms with Crippen molar-refractivity contribution in [3.8, 4) is 0 Å². The number of carbonyl (C=O) groups excluding carboxylic acids is 1. The smallest absolute Gasteiger partial charge is 0.358 e. The van der Waals surface area contributed by atoms with Crippen molar-refractivity contribution in [2.45, 2.75) is 25.9 Å². The first kappa shape index (κ1) is 16.0. The molecule has 0 saturated carbocycles. The molecule has 0 aliphatic heterocycles. The van der Waals surface area contributed by atoms with Gasteiger partial charge in [0.05, 0.1) is 6.61 Å². The van der Waals surface area contributed by atoms with E-state index in [2.05, 4.69) is 15.6 Å². The zero-order valence-electron chi connectivity index (χ0n) is 10.8. The number of nitrogens with one attached hydrogen (secondary N) is 1. The predicted octanol–water partition coefficient (Wildman–Crippen LogP) is 0.0650. The molecule has 1 aromatic rings. The van der Waals surface area contributed by atoms with Gasteiger partial charge < -0.3 is 15.2 Å². The maximum Gasteiger partial charge on any atom is 0.358 e. The minimum Gasteiger partial charge on any atom is -0.476 e. The van der Waals surface area contributed by atoms with E-state index in [1.54, 1.807) is 6.92 Å². The number of carbonyl (C=O) groups is 2. The van der Waals surface area contributed by atoms with Crippen LogP contribution in [-0.4, -0.2) is 51.7 Å². The largest absolute Gasteiger partial charge is 0.476 e. The minimum absolute atomic E-state index is 0.255. The van der Waals surface area contributed by atoms with Gasteiger partial charge in [0.2, 0.25) is 5.91 Å². The molecule has 20 heavy (non-hydrogen) atoms. The van der Waals surface area contributed by atoms with Crippen molar-refractivity contribution in [1.29, 1.82) is 0 Å². The fourth-order valence-electron chi connectivity index (χ4n) is 1.55. The van der Waals surface area contributed by atoms with Crippen molar-refractivity contribution in [3.63, 3.8) is 0 Å². The molecule has 0 saturated heterocycles. The summed E-state index contributed by atoms with van der Waals surface area (Å²) in [6.45, 7) is 1.37. The topological polar surface area (TPSA) is 106 Å². The van der Waals surface area contributed by atoms with Crippen molar-refractivity contribution >= 4 is 11.9 Å². The van der Waals surface area contributed by atoms with Gasteiger partial charge in [-0.2, -0.15) is 0 Å². The molecule has 0 radical (unpaired) electrons. The van der Waals surface area contributed by atoms with Crippen molar-refractivity contribution in [1.82, 2.24) is 20.3 Å². The number of hydrogen-bond acceptors (Lipinski definition) is 5. The Hall–Kier alpha value is -2.10. The molecule has 0 aliphatic carbocycles. The number of aromatic carboxylic acids is 1. The summed E-state index contributed by atoms with van der Waals surface area (Å²) < 4.78 is 31.0. The van der Waals surface area contributed by atoms with Gasteiger partial charge in [0.25, 0.3) is 6.43 Å². The summed E-state index contributed by atoms with van der Waals surface area (Å²) in [6, 6.07) is -0.315. The Labute approximate surface area is 112 Å². The highest BCUT2D eigenvalue weighted by Crippen LogP contribution is 2.21. The molecule has 1 amide bonds. The van der Waals surface area contributed by atoms with Crippen LogP contribution in [0.15, 0.2) is 0 Å². The van der Waals surface area contributed by atoms with E-state index in [1.807, 2.05) is 0 Å². The normalized spacial score (nSPS) is 12.4. The quantitative estimate of drug-likeness (QED) is 0.736. The van der Waals surface area contributed by atoms with Crippen LogP contribution in [0.25, 0.3) is 0 Å². The summed E-state index contributed by atoms with van der Waals surface area (Å²) in [5, 5.41) is 17.6. The highest BCUT2D eigenvalue weighted by Gasteiger charge is 2.27. The zero-order valence-corrected chi connectivity index (χ0v) is 10.8. The van der Waals surface area contributed by atoms with Gasteiger partial charge in [0, 0.05) is 13.2 Å². The third-order valence-electron chi connectivity index (χ3n) is 2.30. The molecular formula is C10H14F2N4O4. The molecule has 0 aliphatic rings. The van der Waals surface area contributed by atoms with E-state index in [1.165, 1.54) is 7.11 Å². The average molecular weight is 292 g/mol. The number of carboxylic acids is 1. The predicted molar refractivity (Wildman–Crippen MR) is 61.4 cm³/mol. The molecule has 0 fully saturated rings. The van der Waals surface area contributed by atoms with Crippen molar-refractivity contribution in [3.05, 3.63) is 11.4 Å². The van der Waals surface area contributed by atoms with Gasteiger partial charge in [-0.15, -0.1) is 5.10 Å². The van der Waals surface area contributed by atoms with Crippen LogP contribution in [0.1, 0.15) is 29.5 Å². The Morgan fingerprint density at radius 2 is 2.15 bits per heavy atom. The molecule has 8 nitrogen and oxygen atoms in total. The number of nitrogens with zero attached hydrogens (tertiary/aromatic N) is 3. The van der Waals surface area contributed by atoms with Crippen LogP contribution in [0.2, 0.25) is 0 Å². The summed E-state index contributed by atoms with van der Waals surface area (Å²) in [4.78, 5) is 22.3. The SMILES string of the molecule is COCC(C)NC(=O)Cn1nnc(C(=O)O)c1C(F)F. The Morgan fingerprint density at radius 1 is 1.50 bits per heavy atom. The number of aromatic nitrogens is 3. The second-order valence-corrected chi connectivity index (χ2v) is 4.01. The number of amides is 1. The lowest BCUT2D eigenvalue weighted by Gasteiger charge is -2.13. The fourth-order valence-corrected chi connectivity index (χ4v) is 1.55. The molecule has 1 heterocycles. The molecule has 1 aromatic heterocycles. The standard InChI is InChI=1S/C10H14F2N4O4/c1-5(4-20-2)13-6(17)3-16-8(9(11)12)7(10(18)19)14-15-16/h5,9H,3-4H2,1-2H3,(H,13,17)(H,18,19). The van der Waals surface area contributed by atoms with E-state index in [0.29, 0.717) is 4.68 Å². The molecule has 112 valence electrons. The van der Waals surface area contributed by atoms with Crippen molar-refractivity contribution in [2.75, 3.05) is 13.7 Å². The second-order valence-electron chi connectivity index (χ2n) is 4.01. The van der Waals surface area contributed by atoms with E-state index in [-0.39, 0.29) is 12.6 Å². The van der Waals surface area contributed by atoms with Crippen LogP contribution in [0.3, 0.4) is 0 Å². The summed E-state index contributed by atoms with van der Waals surface area (Å²) in [7, 11) is 1.45. The fraction of sp³-hybridized carbons (Fsp3) is 0.600. The van der Waals surface area contributed by atoms with E-state index < -0.39 is 36.2 Å². The number of rotatable bonds is 7. The zero-order chi connectivity index (χ0) is 15.3. The highest BCUT2D eigenvalue weighted by atomic mass is 19.3. The van der Waals surface area contributed by atoms with Crippen LogP contribution in [0.5, 0.6) is 0 Å². The first-order valence-corrected chi connectivity index (χ1v) is 5.60. The van der Waals surface area contributed by atoms with Gasteiger partial charge in [0.15, 0.2) is 5.69 Å². The lowest BCUT2D eigenvalue weighted by atomic mass is 10.3. The van der Waals surface area contributed by atoms with Crippen LogP contribution in [0.4, 0.5) is 8.78 Å². The summed E-state index contributed by atoms with van der Waals surface area (Å²) in [6.07, 6.45) is -3.10. The maximum absolute atomic E-state index is 12.8. The molecule has 0 aromatic carbocycles. The van der Waals surface area contributed by atoms with E-state index >= 15 is 0 Å². The van der Waals surface area contributed by atoms with Gasteiger partial charge in [-0.25, -0.2) is 18.3 Å². The molecule has 0 bridgehead atoms. The molecular weight excluding hydrogens is 278 g/mol. The number of methoxy groups -OCH3 is 1. The molecule has 0 spiro atoms. The van der Waals surface area contributed by atoms with Gasteiger partial charge in [-0.05, 0) is 6.92 Å². The second kappa shape index (κ2) is 6.89. The Bertz CT molecular complexity index is 492. The number of halogens is 2. The van der Waals surface area contributed by atoms with Crippen molar-refractivity contribution < 1.29 is 28.2 Å². The van der Waals surface area contributed by atoms with E-state index in [9.17, 15) is 18.4 Å². The lowest BCUT2D eigenvalue weighted by Crippen LogP contribution is -2.38. The number of alkyl halides is 2. The summed E-state index contributed by atoms with van der Waals surface area (Å²) >= 11 is 0. The van der Waals surface area contributed by atoms with E-state index in [0.717, 1.165) is 0 Å². The summed E-state index contributed by atoms with van der Waals surface area (Å²) in [5.41, 5.74) is -1.76. The first-order chi connectivity index (χ1) is 9.36. The molecule has 1 unspecified atom stereocenters. The number of ether oxygens (including phenoxy) is 1. The Morgan fingerprint density at radius 3 is 2.65 bits per heavy atom. The third kappa shape index (κ3) is 3.95.